The maximum Gasteiger partial charge on any atom is 0.332 e. The van der Waals surface area contributed by atoms with Crippen molar-refractivity contribution >= 4 is 33.5 Å². The van der Waals surface area contributed by atoms with E-state index in [9.17, 15) is 4.79 Å². The summed E-state index contributed by atoms with van der Waals surface area (Å²) in [7, 11) is 0. The summed E-state index contributed by atoms with van der Waals surface area (Å²) in [5.74, 6) is -0.334. The number of ether oxygens (including phenoxy) is 1. The zero-order chi connectivity index (χ0) is 12.0. The van der Waals surface area contributed by atoms with Crippen molar-refractivity contribution in [3.63, 3.8) is 0 Å². The quantitative estimate of drug-likeness (QED) is 0.451. The molecule has 2 bridgehead atoms. The van der Waals surface area contributed by atoms with Gasteiger partial charge in [-0.05, 0) is 30.2 Å². The van der Waals surface area contributed by atoms with E-state index < -0.39 is 4.87 Å². The Morgan fingerprint density at radius 2 is 2.06 bits per heavy atom. The summed E-state index contributed by atoms with van der Waals surface area (Å²) in [5, 5.41) is 0. The SMILES string of the molecule is O=C1O[C@@H]2C=C[C@@]1(Cl)[C@H](c1ccc(Br)cc1)C2. The lowest BCUT2D eigenvalue weighted by Gasteiger charge is -2.42. The van der Waals surface area contributed by atoms with Crippen LogP contribution in [0, 0.1) is 0 Å². The first-order valence-electron chi connectivity index (χ1n) is 5.44. The van der Waals surface area contributed by atoms with Crippen LogP contribution >= 0.6 is 27.5 Å². The molecule has 1 saturated heterocycles. The highest BCUT2D eigenvalue weighted by molar-refractivity contribution is 9.10. The van der Waals surface area contributed by atoms with Gasteiger partial charge in [0.2, 0.25) is 0 Å². The second-order valence-corrected chi connectivity index (χ2v) is 5.95. The van der Waals surface area contributed by atoms with Gasteiger partial charge in [-0.15, -0.1) is 11.6 Å². The maximum atomic E-state index is 11.8. The first-order valence-corrected chi connectivity index (χ1v) is 6.61. The number of halogens is 2. The summed E-state index contributed by atoms with van der Waals surface area (Å²) in [5.41, 5.74) is 1.08. The van der Waals surface area contributed by atoms with Gasteiger partial charge in [0.05, 0.1) is 0 Å². The van der Waals surface area contributed by atoms with Crippen molar-refractivity contribution < 1.29 is 9.53 Å². The molecule has 0 aromatic heterocycles. The Labute approximate surface area is 113 Å². The number of carbonyl (C=O) groups excluding carboxylic acids is 1. The number of esters is 1. The van der Waals surface area contributed by atoms with Crippen LogP contribution in [0.5, 0.6) is 0 Å². The Hall–Kier alpha value is -0.800. The van der Waals surface area contributed by atoms with Crippen LogP contribution in [0.4, 0.5) is 0 Å². The molecule has 0 saturated carbocycles. The molecule has 2 heterocycles. The van der Waals surface area contributed by atoms with E-state index in [2.05, 4.69) is 15.9 Å². The third-order valence-electron chi connectivity index (χ3n) is 3.37. The van der Waals surface area contributed by atoms with Gasteiger partial charge < -0.3 is 4.74 Å². The van der Waals surface area contributed by atoms with Crippen molar-refractivity contribution in [3.8, 4) is 0 Å². The zero-order valence-corrected chi connectivity index (χ0v) is 11.2. The topological polar surface area (TPSA) is 26.3 Å². The molecule has 0 spiro atoms. The monoisotopic (exact) mass is 312 g/mol. The number of benzene rings is 1. The summed E-state index contributed by atoms with van der Waals surface area (Å²) in [6.45, 7) is 0. The summed E-state index contributed by atoms with van der Waals surface area (Å²) in [4.78, 5) is 10.8. The highest BCUT2D eigenvalue weighted by atomic mass is 79.9. The van der Waals surface area contributed by atoms with Gasteiger partial charge in [-0.1, -0.05) is 34.1 Å². The van der Waals surface area contributed by atoms with Crippen LogP contribution in [0.25, 0.3) is 0 Å². The third-order valence-corrected chi connectivity index (χ3v) is 4.44. The number of alkyl halides is 1. The number of hydrogen-bond donors (Lipinski definition) is 0. The number of rotatable bonds is 1. The summed E-state index contributed by atoms with van der Waals surface area (Å²) in [6, 6.07) is 7.93. The van der Waals surface area contributed by atoms with E-state index in [1.165, 1.54) is 0 Å². The van der Waals surface area contributed by atoms with Gasteiger partial charge >= 0.3 is 5.97 Å². The summed E-state index contributed by atoms with van der Waals surface area (Å²) in [6.07, 6.45) is 4.29. The van der Waals surface area contributed by atoms with Crippen LogP contribution in [0.3, 0.4) is 0 Å². The first-order chi connectivity index (χ1) is 8.09. The second-order valence-electron chi connectivity index (χ2n) is 4.41. The molecule has 0 unspecified atom stereocenters. The van der Waals surface area contributed by atoms with Gasteiger partial charge in [-0.3, -0.25) is 0 Å². The third kappa shape index (κ3) is 1.72. The van der Waals surface area contributed by atoms with Crippen LogP contribution < -0.4 is 0 Å². The normalized spacial score (nSPS) is 34.8. The van der Waals surface area contributed by atoms with Crippen molar-refractivity contribution in [3.05, 3.63) is 46.5 Å². The van der Waals surface area contributed by atoms with E-state index in [0.29, 0.717) is 0 Å². The Bertz CT molecular complexity index is 497. The predicted molar refractivity (Wildman–Crippen MR) is 69.1 cm³/mol. The van der Waals surface area contributed by atoms with Gasteiger partial charge in [0.25, 0.3) is 0 Å². The Morgan fingerprint density at radius 3 is 2.71 bits per heavy atom. The van der Waals surface area contributed by atoms with Crippen LogP contribution in [-0.4, -0.2) is 16.9 Å². The average Bonchev–Trinajstić information content (AvgIpc) is 2.32. The fraction of sp³-hybridized carbons (Fsp3) is 0.308. The molecule has 0 amide bonds. The highest BCUT2D eigenvalue weighted by Crippen LogP contribution is 2.47. The molecule has 2 aliphatic heterocycles. The molecule has 4 heteroatoms. The maximum absolute atomic E-state index is 11.8. The van der Waals surface area contributed by atoms with E-state index >= 15 is 0 Å². The van der Waals surface area contributed by atoms with Crippen molar-refractivity contribution in [2.45, 2.75) is 23.3 Å². The lowest BCUT2D eigenvalue weighted by Crippen LogP contribution is -2.50. The minimum atomic E-state index is -1.03. The summed E-state index contributed by atoms with van der Waals surface area (Å²) >= 11 is 9.81. The van der Waals surface area contributed by atoms with Crippen LogP contribution in [0.2, 0.25) is 0 Å². The number of carbonyl (C=O) groups is 1. The smallest absolute Gasteiger partial charge is 0.332 e. The molecule has 0 radical (unpaired) electrons. The van der Waals surface area contributed by atoms with E-state index in [-0.39, 0.29) is 18.0 Å². The van der Waals surface area contributed by atoms with Crippen LogP contribution in [0.1, 0.15) is 17.9 Å². The molecular weight excluding hydrogens is 303 g/mol. The van der Waals surface area contributed by atoms with Gasteiger partial charge in [0.15, 0.2) is 4.87 Å². The summed E-state index contributed by atoms with van der Waals surface area (Å²) < 4.78 is 6.21. The van der Waals surface area contributed by atoms with Crippen LogP contribution in [0.15, 0.2) is 40.9 Å². The Kier molecular flexibility index (Phi) is 2.56. The largest absolute Gasteiger partial charge is 0.457 e. The molecule has 3 atom stereocenters. The van der Waals surface area contributed by atoms with E-state index in [1.54, 1.807) is 6.08 Å². The predicted octanol–water partition coefficient (Wildman–Crippen LogP) is 3.40. The van der Waals surface area contributed by atoms with Crippen LogP contribution in [-0.2, 0) is 9.53 Å². The molecule has 88 valence electrons. The van der Waals surface area contributed by atoms with E-state index in [1.807, 2.05) is 30.3 Å². The van der Waals surface area contributed by atoms with Gasteiger partial charge in [-0.25, -0.2) is 4.79 Å². The van der Waals surface area contributed by atoms with Crippen molar-refractivity contribution in [1.82, 2.24) is 0 Å². The minimum absolute atomic E-state index is 0.00600. The molecule has 4 rings (SSSR count). The van der Waals surface area contributed by atoms with E-state index in [4.69, 9.17) is 16.3 Å². The highest BCUT2D eigenvalue weighted by Gasteiger charge is 2.52. The average molecular weight is 314 g/mol. The fourth-order valence-electron chi connectivity index (χ4n) is 2.45. The lowest BCUT2D eigenvalue weighted by atomic mass is 9.75. The standard InChI is InChI=1S/C13H10BrClO2/c14-9-3-1-8(2-4-9)11-7-10-5-6-13(11,15)12(16)17-10/h1-6,10-11H,7H2/t10-,11+,13-/m1/s1. The molecule has 17 heavy (non-hydrogen) atoms. The van der Waals surface area contributed by atoms with Crippen molar-refractivity contribution in [2.75, 3.05) is 0 Å². The molecule has 1 fully saturated rings. The van der Waals surface area contributed by atoms with Gasteiger partial charge in [-0.2, -0.15) is 0 Å². The Balaban J connectivity index is 2.02. The molecule has 3 aliphatic rings. The Morgan fingerprint density at radius 1 is 1.35 bits per heavy atom. The number of hydrogen-bond acceptors (Lipinski definition) is 2. The van der Waals surface area contributed by atoms with E-state index in [0.717, 1.165) is 16.5 Å². The van der Waals surface area contributed by atoms with Gasteiger partial charge in [0.1, 0.15) is 6.10 Å². The molecule has 1 aliphatic carbocycles. The molecule has 1 aromatic rings. The lowest BCUT2D eigenvalue weighted by molar-refractivity contribution is -0.156. The van der Waals surface area contributed by atoms with Crippen molar-refractivity contribution in [2.24, 2.45) is 0 Å². The molecular formula is C13H10BrClO2. The zero-order valence-electron chi connectivity index (χ0n) is 8.90. The van der Waals surface area contributed by atoms with Crippen molar-refractivity contribution in [1.29, 1.82) is 0 Å². The second kappa shape index (κ2) is 3.85. The molecule has 2 nitrogen and oxygen atoms in total. The van der Waals surface area contributed by atoms with Gasteiger partial charge in [0, 0.05) is 10.4 Å². The molecule has 1 aromatic carbocycles. The number of fused-ring (bicyclic) bond motifs is 2. The first kappa shape index (κ1) is 11.3. The fourth-order valence-corrected chi connectivity index (χ4v) is 3.04. The molecule has 0 N–H and O–H groups in total. The minimum Gasteiger partial charge on any atom is -0.457 e.